The first-order valence-corrected chi connectivity index (χ1v) is 7.86. The Kier molecular flexibility index (Phi) is 5.62. The molecule has 1 saturated carbocycles. The molecular formula is C12H24N2O2S. The van der Waals surface area contributed by atoms with Gasteiger partial charge in [0.2, 0.25) is 10.0 Å². The topological polar surface area (TPSA) is 49.4 Å². The quantitative estimate of drug-likeness (QED) is 0.637. The summed E-state index contributed by atoms with van der Waals surface area (Å²) in [6.45, 7) is 8.90. The lowest BCUT2D eigenvalue weighted by molar-refractivity contribution is 0.431. The first-order valence-electron chi connectivity index (χ1n) is 6.35. The van der Waals surface area contributed by atoms with Gasteiger partial charge in [0.25, 0.3) is 0 Å². The van der Waals surface area contributed by atoms with Crippen molar-refractivity contribution in [3.8, 4) is 0 Å². The van der Waals surface area contributed by atoms with Crippen molar-refractivity contribution >= 4 is 10.0 Å². The number of nitrogens with one attached hydrogen (secondary N) is 1. The second-order valence-corrected chi connectivity index (χ2v) is 7.04. The van der Waals surface area contributed by atoms with Crippen molar-refractivity contribution in [1.29, 1.82) is 0 Å². The van der Waals surface area contributed by atoms with E-state index in [4.69, 9.17) is 0 Å². The summed E-state index contributed by atoms with van der Waals surface area (Å²) < 4.78 is 26.1. The molecule has 1 rings (SSSR count). The zero-order chi connectivity index (χ0) is 12.9. The van der Waals surface area contributed by atoms with Crippen LogP contribution in [0.1, 0.15) is 33.1 Å². The molecule has 0 aromatic heterocycles. The number of rotatable bonds is 9. The van der Waals surface area contributed by atoms with Gasteiger partial charge in [-0.3, -0.25) is 0 Å². The van der Waals surface area contributed by atoms with E-state index < -0.39 is 10.0 Å². The van der Waals surface area contributed by atoms with Gasteiger partial charge in [-0.15, -0.1) is 6.58 Å². The van der Waals surface area contributed by atoms with Crippen molar-refractivity contribution in [2.24, 2.45) is 0 Å². The minimum absolute atomic E-state index is 0.366. The first kappa shape index (κ1) is 14.7. The van der Waals surface area contributed by atoms with E-state index in [-0.39, 0.29) is 5.25 Å². The molecule has 4 nitrogen and oxygen atoms in total. The van der Waals surface area contributed by atoms with Gasteiger partial charge in [0, 0.05) is 25.7 Å². The van der Waals surface area contributed by atoms with Crippen molar-refractivity contribution in [1.82, 2.24) is 9.62 Å². The molecule has 1 aliphatic rings. The summed E-state index contributed by atoms with van der Waals surface area (Å²) in [4.78, 5) is 0. The molecule has 100 valence electrons. The van der Waals surface area contributed by atoms with E-state index in [1.807, 2.05) is 6.92 Å². The lowest BCUT2D eigenvalue weighted by Gasteiger charge is -2.24. The number of hydrogen-bond acceptors (Lipinski definition) is 3. The Morgan fingerprint density at radius 3 is 2.65 bits per heavy atom. The van der Waals surface area contributed by atoms with Gasteiger partial charge in [0.05, 0.1) is 5.25 Å². The molecule has 0 spiro atoms. The number of hydrogen-bond donors (Lipinski definition) is 1. The smallest absolute Gasteiger partial charge is 0.218 e. The fraction of sp³-hybridized carbons (Fsp3) is 0.833. The zero-order valence-electron chi connectivity index (χ0n) is 10.9. The lowest BCUT2D eigenvalue weighted by Crippen LogP contribution is -2.42. The highest BCUT2D eigenvalue weighted by Crippen LogP contribution is 2.19. The Morgan fingerprint density at radius 1 is 1.53 bits per heavy atom. The molecule has 1 atom stereocenters. The second-order valence-electron chi connectivity index (χ2n) is 4.68. The largest absolute Gasteiger partial charge is 0.313 e. The predicted molar refractivity (Wildman–Crippen MR) is 71.5 cm³/mol. The van der Waals surface area contributed by atoms with Crippen molar-refractivity contribution in [2.45, 2.75) is 44.4 Å². The van der Waals surface area contributed by atoms with Crippen molar-refractivity contribution in [2.75, 3.05) is 19.6 Å². The van der Waals surface area contributed by atoms with E-state index in [1.165, 1.54) is 17.1 Å². The lowest BCUT2D eigenvalue weighted by atomic mass is 10.4. The van der Waals surface area contributed by atoms with E-state index in [0.717, 1.165) is 6.42 Å². The highest BCUT2D eigenvalue weighted by Gasteiger charge is 2.29. The Bertz CT molecular complexity index is 336. The Morgan fingerprint density at radius 2 is 2.18 bits per heavy atom. The Balaban J connectivity index is 2.56. The summed E-state index contributed by atoms with van der Waals surface area (Å²) in [5, 5.41) is 2.90. The van der Waals surface area contributed by atoms with E-state index in [2.05, 4.69) is 11.9 Å². The minimum Gasteiger partial charge on any atom is -0.313 e. The van der Waals surface area contributed by atoms with Crippen molar-refractivity contribution < 1.29 is 8.42 Å². The second kappa shape index (κ2) is 6.52. The number of sulfonamides is 1. The fourth-order valence-electron chi connectivity index (χ4n) is 1.70. The van der Waals surface area contributed by atoms with Crippen LogP contribution in [0.2, 0.25) is 0 Å². The molecule has 0 saturated heterocycles. The Hall–Kier alpha value is -0.390. The summed E-state index contributed by atoms with van der Waals surface area (Å²) in [5.74, 6) is 0. The molecular weight excluding hydrogens is 236 g/mol. The van der Waals surface area contributed by atoms with Crippen LogP contribution in [0.3, 0.4) is 0 Å². The van der Waals surface area contributed by atoms with Gasteiger partial charge in [-0.1, -0.05) is 13.0 Å². The van der Waals surface area contributed by atoms with E-state index in [9.17, 15) is 8.42 Å². The standard InChI is InChI=1S/C12H24N2O2S/c1-4-8-14(9-5-2)17(15,16)11(3)10-13-12-6-7-12/h4,11-13H,1,5-10H2,2-3H3. The van der Waals surface area contributed by atoms with Crippen LogP contribution in [-0.2, 0) is 10.0 Å². The van der Waals surface area contributed by atoms with Gasteiger partial charge in [-0.2, -0.15) is 4.31 Å². The molecule has 1 fully saturated rings. The predicted octanol–water partition coefficient (Wildman–Crippen LogP) is 1.35. The SMILES string of the molecule is C=CCN(CCC)S(=O)(=O)C(C)CNC1CC1. The van der Waals surface area contributed by atoms with Gasteiger partial charge < -0.3 is 5.32 Å². The highest BCUT2D eigenvalue weighted by molar-refractivity contribution is 7.89. The normalized spacial score (nSPS) is 18.3. The molecule has 0 amide bonds. The summed E-state index contributed by atoms with van der Waals surface area (Å²) in [6, 6.07) is 0.548. The molecule has 0 bridgehead atoms. The average Bonchev–Trinajstić information content (AvgIpc) is 3.09. The number of nitrogens with zero attached hydrogens (tertiary/aromatic N) is 1. The molecule has 0 aromatic rings. The van der Waals surface area contributed by atoms with Gasteiger partial charge in [0.15, 0.2) is 0 Å². The molecule has 0 heterocycles. The monoisotopic (exact) mass is 260 g/mol. The van der Waals surface area contributed by atoms with Gasteiger partial charge in [-0.05, 0) is 26.2 Å². The van der Waals surface area contributed by atoms with Crippen LogP contribution in [0.5, 0.6) is 0 Å². The molecule has 0 aromatic carbocycles. The van der Waals surface area contributed by atoms with E-state index >= 15 is 0 Å². The maximum absolute atomic E-state index is 12.3. The van der Waals surface area contributed by atoms with E-state index in [0.29, 0.717) is 25.7 Å². The van der Waals surface area contributed by atoms with Gasteiger partial charge in [0.1, 0.15) is 0 Å². The van der Waals surface area contributed by atoms with Gasteiger partial charge in [-0.25, -0.2) is 8.42 Å². The molecule has 0 radical (unpaired) electrons. The first-order chi connectivity index (χ1) is 8.02. The maximum atomic E-state index is 12.3. The van der Waals surface area contributed by atoms with Crippen LogP contribution in [0.4, 0.5) is 0 Å². The van der Waals surface area contributed by atoms with Gasteiger partial charge >= 0.3 is 0 Å². The molecule has 17 heavy (non-hydrogen) atoms. The summed E-state index contributed by atoms with van der Waals surface area (Å²) in [7, 11) is -3.19. The molecule has 5 heteroatoms. The summed E-state index contributed by atoms with van der Waals surface area (Å²) in [5.41, 5.74) is 0. The molecule has 1 aliphatic carbocycles. The molecule has 1 N–H and O–H groups in total. The van der Waals surface area contributed by atoms with Crippen LogP contribution < -0.4 is 5.32 Å². The van der Waals surface area contributed by atoms with Crippen molar-refractivity contribution in [3.63, 3.8) is 0 Å². The average molecular weight is 260 g/mol. The van der Waals surface area contributed by atoms with Crippen molar-refractivity contribution in [3.05, 3.63) is 12.7 Å². The third-order valence-corrected chi connectivity index (χ3v) is 5.18. The molecule has 0 aliphatic heterocycles. The third-order valence-electron chi connectivity index (χ3n) is 2.95. The van der Waals surface area contributed by atoms with Crippen LogP contribution in [0, 0.1) is 0 Å². The highest BCUT2D eigenvalue weighted by atomic mass is 32.2. The minimum atomic E-state index is -3.19. The fourth-order valence-corrected chi connectivity index (χ4v) is 3.26. The zero-order valence-corrected chi connectivity index (χ0v) is 11.7. The molecule has 1 unspecified atom stereocenters. The van der Waals surface area contributed by atoms with Crippen LogP contribution in [0.25, 0.3) is 0 Å². The Labute approximate surface area is 105 Å². The van der Waals surface area contributed by atoms with Crippen LogP contribution >= 0.6 is 0 Å². The maximum Gasteiger partial charge on any atom is 0.218 e. The van der Waals surface area contributed by atoms with Crippen LogP contribution in [-0.4, -0.2) is 43.6 Å². The third kappa shape index (κ3) is 4.41. The summed E-state index contributed by atoms with van der Waals surface area (Å²) in [6.07, 6.45) is 4.83. The van der Waals surface area contributed by atoms with Crippen LogP contribution in [0.15, 0.2) is 12.7 Å². The summed E-state index contributed by atoms with van der Waals surface area (Å²) >= 11 is 0. The van der Waals surface area contributed by atoms with E-state index in [1.54, 1.807) is 13.0 Å².